The van der Waals surface area contributed by atoms with Crippen LogP contribution in [0.1, 0.15) is 40.4 Å². The Morgan fingerprint density at radius 1 is 1.17 bits per heavy atom. The standard InChI is InChI=1S/C22H27N5O2/c1-17(18-5-3-2-4-6-18)15-26-11-8-21-25-24-20(27(21)13-12-26)7-10-23-22(28)19-9-14-29-16-19/h2-6,9,14,16-17H,7-8,10-13,15H2,1H3,(H,23,28)/t17-/m1/s1. The number of benzene rings is 1. The van der Waals surface area contributed by atoms with Crippen molar-refractivity contribution >= 4 is 5.91 Å². The van der Waals surface area contributed by atoms with Gasteiger partial charge in [0.2, 0.25) is 0 Å². The first-order valence-corrected chi connectivity index (χ1v) is 10.2. The van der Waals surface area contributed by atoms with Crippen molar-refractivity contribution in [2.24, 2.45) is 0 Å². The zero-order chi connectivity index (χ0) is 20.1. The maximum atomic E-state index is 12.0. The minimum Gasteiger partial charge on any atom is -0.472 e. The fourth-order valence-electron chi connectivity index (χ4n) is 3.85. The van der Waals surface area contributed by atoms with Gasteiger partial charge in [0.15, 0.2) is 0 Å². The average Bonchev–Trinajstić information content (AvgIpc) is 3.37. The second-order valence-electron chi connectivity index (χ2n) is 7.56. The van der Waals surface area contributed by atoms with Gasteiger partial charge in [0.1, 0.15) is 17.9 Å². The van der Waals surface area contributed by atoms with Gasteiger partial charge in [-0.1, -0.05) is 37.3 Å². The quantitative estimate of drug-likeness (QED) is 0.667. The van der Waals surface area contributed by atoms with Gasteiger partial charge >= 0.3 is 0 Å². The van der Waals surface area contributed by atoms with Crippen molar-refractivity contribution in [1.82, 2.24) is 25.0 Å². The molecule has 0 spiro atoms. The van der Waals surface area contributed by atoms with Crippen molar-refractivity contribution in [3.05, 3.63) is 71.7 Å². The van der Waals surface area contributed by atoms with Gasteiger partial charge < -0.3 is 19.2 Å². The molecule has 3 heterocycles. The molecule has 1 aromatic carbocycles. The van der Waals surface area contributed by atoms with Crippen LogP contribution in [0.15, 0.2) is 53.3 Å². The van der Waals surface area contributed by atoms with E-state index in [1.165, 1.54) is 18.1 Å². The SMILES string of the molecule is C[C@H](CN1CCc2nnc(CCNC(=O)c3ccoc3)n2CC1)c1ccccc1. The maximum Gasteiger partial charge on any atom is 0.254 e. The lowest BCUT2D eigenvalue weighted by molar-refractivity contribution is 0.0953. The van der Waals surface area contributed by atoms with Crippen molar-refractivity contribution in [3.63, 3.8) is 0 Å². The molecule has 7 nitrogen and oxygen atoms in total. The summed E-state index contributed by atoms with van der Waals surface area (Å²) in [6, 6.07) is 12.3. The minimum absolute atomic E-state index is 0.129. The molecule has 0 unspecified atom stereocenters. The lowest BCUT2D eigenvalue weighted by atomic mass is 10.0. The second kappa shape index (κ2) is 9.05. The Morgan fingerprint density at radius 3 is 2.83 bits per heavy atom. The van der Waals surface area contributed by atoms with E-state index >= 15 is 0 Å². The molecule has 0 radical (unpaired) electrons. The van der Waals surface area contributed by atoms with Crippen LogP contribution in [-0.4, -0.2) is 51.8 Å². The average molecular weight is 393 g/mol. The predicted octanol–water partition coefficient (Wildman–Crippen LogP) is 2.51. The van der Waals surface area contributed by atoms with E-state index in [9.17, 15) is 4.79 Å². The molecule has 1 atom stereocenters. The predicted molar refractivity (Wildman–Crippen MR) is 110 cm³/mol. The van der Waals surface area contributed by atoms with Crippen molar-refractivity contribution in [3.8, 4) is 0 Å². The number of nitrogens with one attached hydrogen (secondary N) is 1. The topological polar surface area (TPSA) is 76.2 Å². The number of hydrogen-bond acceptors (Lipinski definition) is 5. The fraction of sp³-hybridized carbons (Fsp3) is 0.409. The van der Waals surface area contributed by atoms with Gasteiger partial charge in [-0.05, 0) is 17.5 Å². The molecule has 1 aliphatic heterocycles. The van der Waals surface area contributed by atoms with Crippen LogP contribution < -0.4 is 5.32 Å². The van der Waals surface area contributed by atoms with E-state index in [2.05, 4.69) is 62.2 Å². The highest BCUT2D eigenvalue weighted by molar-refractivity contribution is 5.93. The highest BCUT2D eigenvalue weighted by Crippen LogP contribution is 2.18. The molecule has 4 rings (SSSR count). The van der Waals surface area contributed by atoms with Crippen LogP contribution in [0.4, 0.5) is 0 Å². The zero-order valence-corrected chi connectivity index (χ0v) is 16.8. The summed E-state index contributed by atoms with van der Waals surface area (Å²) in [7, 11) is 0. The number of carbonyl (C=O) groups is 1. The Kier molecular flexibility index (Phi) is 6.05. The third-order valence-electron chi connectivity index (χ3n) is 5.51. The normalized spacial score (nSPS) is 15.5. The van der Waals surface area contributed by atoms with Crippen LogP contribution >= 0.6 is 0 Å². The summed E-state index contributed by atoms with van der Waals surface area (Å²) >= 11 is 0. The highest BCUT2D eigenvalue weighted by atomic mass is 16.3. The largest absolute Gasteiger partial charge is 0.472 e. The summed E-state index contributed by atoms with van der Waals surface area (Å²) in [5.41, 5.74) is 1.92. The molecule has 1 N–H and O–H groups in total. The van der Waals surface area contributed by atoms with Crippen LogP contribution in [-0.2, 0) is 19.4 Å². The van der Waals surface area contributed by atoms with Crippen LogP contribution in [0.2, 0.25) is 0 Å². The molecule has 0 fully saturated rings. The molecule has 29 heavy (non-hydrogen) atoms. The van der Waals surface area contributed by atoms with Gasteiger partial charge in [-0.25, -0.2) is 0 Å². The van der Waals surface area contributed by atoms with Gasteiger partial charge in [0.25, 0.3) is 5.91 Å². The smallest absolute Gasteiger partial charge is 0.254 e. The van der Waals surface area contributed by atoms with E-state index in [1.54, 1.807) is 6.07 Å². The summed E-state index contributed by atoms with van der Waals surface area (Å²) in [5, 5.41) is 11.7. The Morgan fingerprint density at radius 2 is 2.03 bits per heavy atom. The molecule has 0 saturated heterocycles. The van der Waals surface area contributed by atoms with Gasteiger partial charge in [-0.3, -0.25) is 4.79 Å². The van der Waals surface area contributed by atoms with E-state index < -0.39 is 0 Å². The molecule has 1 amide bonds. The van der Waals surface area contributed by atoms with E-state index in [4.69, 9.17) is 4.42 Å². The summed E-state index contributed by atoms with van der Waals surface area (Å²) in [5.74, 6) is 2.34. The van der Waals surface area contributed by atoms with Crippen LogP contribution in [0, 0.1) is 0 Å². The Balaban J connectivity index is 1.30. The summed E-state index contributed by atoms with van der Waals surface area (Å²) < 4.78 is 7.17. The Hall–Kier alpha value is -2.93. The second-order valence-corrected chi connectivity index (χ2v) is 7.56. The molecular weight excluding hydrogens is 366 g/mol. The maximum absolute atomic E-state index is 12.0. The van der Waals surface area contributed by atoms with Gasteiger partial charge in [-0.15, -0.1) is 10.2 Å². The number of hydrogen-bond donors (Lipinski definition) is 1. The third kappa shape index (κ3) is 4.74. The number of rotatable bonds is 7. The van der Waals surface area contributed by atoms with Crippen molar-refractivity contribution in [2.75, 3.05) is 26.2 Å². The van der Waals surface area contributed by atoms with E-state index in [0.29, 0.717) is 24.4 Å². The first-order valence-electron chi connectivity index (χ1n) is 10.2. The number of carbonyl (C=O) groups excluding carboxylic acids is 1. The molecular formula is C22H27N5O2. The zero-order valence-electron chi connectivity index (χ0n) is 16.8. The number of aromatic nitrogens is 3. The highest BCUT2D eigenvalue weighted by Gasteiger charge is 2.20. The molecule has 0 bridgehead atoms. The van der Waals surface area contributed by atoms with Crippen molar-refractivity contribution in [1.29, 1.82) is 0 Å². The summed E-state index contributed by atoms with van der Waals surface area (Å²) in [4.78, 5) is 14.5. The molecule has 0 aliphatic carbocycles. The van der Waals surface area contributed by atoms with Gasteiger partial charge in [0.05, 0.1) is 11.8 Å². The number of fused-ring (bicyclic) bond motifs is 1. The summed E-state index contributed by atoms with van der Waals surface area (Å²) in [6.07, 6.45) is 4.51. The van der Waals surface area contributed by atoms with E-state index in [1.807, 2.05) is 0 Å². The van der Waals surface area contributed by atoms with Crippen LogP contribution in [0.25, 0.3) is 0 Å². The fourth-order valence-corrected chi connectivity index (χ4v) is 3.85. The molecule has 0 saturated carbocycles. The van der Waals surface area contributed by atoms with Gasteiger partial charge in [0, 0.05) is 45.6 Å². The number of furan rings is 1. The van der Waals surface area contributed by atoms with Crippen molar-refractivity contribution in [2.45, 2.75) is 32.2 Å². The van der Waals surface area contributed by atoms with Gasteiger partial charge in [-0.2, -0.15) is 0 Å². The lowest BCUT2D eigenvalue weighted by Gasteiger charge is -2.24. The van der Waals surface area contributed by atoms with E-state index in [-0.39, 0.29) is 5.91 Å². The molecule has 152 valence electrons. The Bertz CT molecular complexity index is 920. The first-order chi connectivity index (χ1) is 14.2. The lowest BCUT2D eigenvalue weighted by Crippen LogP contribution is -2.31. The molecule has 3 aromatic rings. The first kappa shape index (κ1) is 19.4. The molecule has 2 aromatic heterocycles. The van der Waals surface area contributed by atoms with Crippen LogP contribution in [0.5, 0.6) is 0 Å². The number of amides is 1. The molecule has 7 heteroatoms. The van der Waals surface area contributed by atoms with Crippen molar-refractivity contribution < 1.29 is 9.21 Å². The third-order valence-corrected chi connectivity index (χ3v) is 5.51. The summed E-state index contributed by atoms with van der Waals surface area (Å²) in [6.45, 7) is 6.71. The monoisotopic (exact) mass is 393 g/mol. The van der Waals surface area contributed by atoms with E-state index in [0.717, 1.165) is 44.2 Å². The molecule has 1 aliphatic rings. The Labute approximate surface area is 170 Å². The minimum atomic E-state index is -0.129. The van der Waals surface area contributed by atoms with Crippen LogP contribution in [0.3, 0.4) is 0 Å². The number of nitrogens with zero attached hydrogens (tertiary/aromatic N) is 4.